The average Bonchev–Trinajstić information content (AvgIpc) is 2.37. The van der Waals surface area contributed by atoms with Gasteiger partial charge < -0.3 is 11.1 Å². The van der Waals surface area contributed by atoms with E-state index in [1.807, 2.05) is 6.07 Å². The number of nitrogens with two attached hydrogens (primary N) is 1. The van der Waals surface area contributed by atoms with Crippen molar-refractivity contribution in [2.45, 2.75) is 52.5 Å². The predicted molar refractivity (Wildman–Crippen MR) is 80.4 cm³/mol. The van der Waals surface area contributed by atoms with Crippen LogP contribution in [0, 0.1) is 11.7 Å². The lowest BCUT2D eigenvalue weighted by Crippen LogP contribution is -2.16. The average molecular weight is 266 g/mol. The van der Waals surface area contributed by atoms with Gasteiger partial charge in [-0.25, -0.2) is 4.39 Å². The number of hydrogen-bond acceptors (Lipinski definition) is 2. The summed E-state index contributed by atoms with van der Waals surface area (Å²) in [5, 5.41) is 3.32. The molecule has 3 N–H and O–H groups in total. The van der Waals surface area contributed by atoms with Crippen LogP contribution in [0.5, 0.6) is 0 Å². The largest absolute Gasteiger partial charge is 0.396 e. The smallest absolute Gasteiger partial charge is 0.146 e. The second-order valence-electron chi connectivity index (χ2n) is 5.59. The van der Waals surface area contributed by atoms with Gasteiger partial charge in [-0.15, -0.1) is 0 Å². The Bertz CT molecular complexity index is 364. The minimum Gasteiger partial charge on any atom is -0.396 e. The zero-order chi connectivity index (χ0) is 14.1. The third-order valence-electron chi connectivity index (χ3n) is 3.34. The van der Waals surface area contributed by atoms with Gasteiger partial charge in [-0.1, -0.05) is 51.7 Å². The Morgan fingerprint density at radius 2 is 1.89 bits per heavy atom. The van der Waals surface area contributed by atoms with E-state index in [2.05, 4.69) is 19.2 Å². The number of halogens is 1. The van der Waals surface area contributed by atoms with E-state index in [0.717, 1.165) is 18.0 Å². The molecule has 1 aromatic carbocycles. The SMILES string of the molecule is CC(C)CCCCCCNCc1cccc(F)c1N. The topological polar surface area (TPSA) is 38.0 Å². The standard InChI is InChI=1S/C16H27FN2/c1-13(2)8-5-3-4-6-11-19-12-14-9-7-10-15(17)16(14)18/h7,9-10,13,19H,3-6,8,11-12,18H2,1-2H3. The Balaban J connectivity index is 2.06. The van der Waals surface area contributed by atoms with Gasteiger partial charge in [-0.3, -0.25) is 0 Å². The minimum absolute atomic E-state index is 0.270. The molecular formula is C16H27FN2. The van der Waals surface area contributed by atoms with Crippen molar-refractivity contribution in [3.05, 3.63) is 29.6 Å². The van der Waals surface area contributed by atoms with E-state index in [-0.39, 0.29) is 11.5 Å². The molecule has 0 spiro atoms. The van der Waals surface area contributed by atoms with Crippen LogP contribution in [0.4, 0.5) is 10.1 Å². The van der Waals surface area contributed by atoms with E-state index >= 15 is 0 Å². The van der Waals surface area contributed by atoms with Gasteiger partial charge in [0.1, 0.15) is 5.82 Å². The monoisotopic (exact) mass is 266 g/mol. The summed E-state index contributed by atoms with van der Waals surface area (Å²) in [5.74, 6) is 0.488. The summed E-state index contributed by atoms with van der Waals surface area (Å²) in [6.07, 6.45) is 6.40. The maximum Gasteiger partial charge on any atom is 0.146 e. The Morgan fingerprint density at radius 3 is 2.63 bits per heavy atom. The van der Waals surface area contributed by atoms with Crippen LogP contribution in [0.2, 0.25) is 0 Å². The van der Waals surface area contributed by atoms with Crippen LogP contribution in [0.25, 0.3) is 0 Å². The first kappa shape index (κ1) is 16.0. The van der Waals surface area contributed by atoms with E-state index in [9.17, 15) is 4.39 Å². The Morgan fingerprint density at radius 1 is 1.16 bits per heavy atom. The highest BCUT2D eigenvalue weighted by Crippen LogP contribution is 2.15. The molecule has 2 nitrogen and oxygen atoms in total. The maximum atomic E-state index is 13.2. The fourth-order valence-electron chi connectivity index (χ4n) is 2.12. The third-order valence-corrected chi connectivity index (χ3v) is 3.34. The van der Waals surface area contributed by atoms with Gasteiger partial charge in [-0.05, 0) is 30.5 Å². The van der Waals surface area contributed by atoms with Crippen molar-refractivity contribution in [3.8, 4) is 0 Å². The van der Waals surface area contributed by atoms with Gasteiger partial charge >= 0.3 is 0 Å². The van der Waals surface area contributed by atoms with Crippen molar-refractivity contribution >= 4 is 5.69 Å². The maximum absolute atomic E-state index is 13.2. The molecule has 1 aromatic rings. The lowest BCUT2D eigenvalue weighted by Gasteiger charge is -2.08. The van der Waals surface area contributed by atoms with E-state index in [1.54, 1.807) is 6.07 Å². The highest BCUT2D eigenvalue weighted by atomic mass is 19.1. The molecule has 0 fully saturated rings. The molecule has 3 heteroatoms. The van der Waals surface area contributed by atoms with Gasteiger partial charge in [0.05, 0.1) is 5.69 Å². The molecule has 0 radical (unpaired) electrons. The molecule has 19 heavy (non-hydrogen) atoms. The molecule has 0 aliphatic heterocycles. The number of para-hydroxylation sites is 1. The zero-order valence-corrected chi connectivity index (χ0v) is 12.2. The summed E-state index contributed by atoms with van der Waals surface area (Å²) >= 11 is 0. The summed E-state index contributed by atoms with van der Waals surface area (Å²) in [7, 11) is 0. The lowest BCUT2D eigenvalue weighted by molar-refractivity contribution is 0.512. The fourth-order valence-corrected chi connectivity index (χ4v) is 2.12. The van der Waals surface area contributed by atoms with Crippen LogP contribution in [-0.4, -0.2) is 6.54 Å². The quantitative estimate of drug-likeness (QED) is 0.521. The molecule has 0 unspecified atom stereocenters. The first-order valence-electron chi connectivity index (χ1n) is 7.35. The Kier molecular flexibility index (Phi) is 7.49. The molecule has 108 valence electrons. The van der Waals surface area contributed by atoms with Crippen LogP contribution >= 0.6 is 0 Å². The van der Waals surface area contributed by atoms with Gasteiger partial charge in [0.25, 0.3) is 0 Å². The number of nitrogens with one attached hydrogen (secondary N) is 1. The van der Waals surface area contributed by atoms with Crippen molar-refractivity contribution in [1.29, 1.82) is 0 Å². The number of nitrogen functional groups attached to an aromatic ring is 1. The highest BCUT2D eigenvalue weighted by Gasteiger charge is 2.03. The highest BCUT2D eigenvalue weighted by molar-refractivity contribution is 5.47. The van der Waals surface area contributed by atoms with Crippen molar-refractivity contribution in [2.24, 2.45) is 5.92 Å². The van der Waals surface area contributed by atoms with Crippen molar-refractivity contribution in [3.63, 3.8) is 0 Å². The third kappa shape index (κ3) is 6.58. The summed E-state index contributed by atoms with van der Waals surface area (Å²) in [6.45, 7) is 6.16. The van der Waals surface area contributed by atoms with E-state index in [0.29, 0.717) is 6.54 Å². The molecule has 0 aromatic heterocycles. The summed E-state index contributed by atoms with van der Waals surface area (Å²) in [5.41, 5.74) is 6.79. The van der Waals surface area contributed by atoms with E-state index in [4.69, 9.17) is 5.73 Å². The summed E-state index contributed by atoms with van der Waals surface area (Å²) < 4.78 is 13.2. The summed E-state index contributed by atoms with van der Waals surface area (Å²) in [4.78, 5) is 0. The number of unbranched alkanes of at least 4 members (excludes halogenated alkanes) is 3. The second kappa shape index (κ2) is 8.92. The van der Waals surface area contributed by atoms with Crippen LogP contribution in [0.15, 0.2) is 18.2 Å². The van der Waals surface area contributed by atoms with Crippen molar-refractivity contribution in [2.75, 3.05) is 12.3 Å². The Hall–Kier alpha value is -1.09. The van der Waals surface area contributed by atoms with E-state index in [1.165, 1.54) is 38.2 Å². The fraction of sp³-hybridized carbons (Fsp3) is 0.625. The molecule has 0 heterocycles. The van der Waals surface area contributed by atoms with Gasteiger partial charge in [-0.2, -0.15) is 0 Å². The van der Waals surface area contributed by atoms with Gasteiger partial charge in [0.15, 0.2) is 0 Å². The molecule has 0 aliphatic carbocycles. The van der Waals surface area contributed by atoms with Gasteiger partial charge in [0, 0.05) is 6.54 Å². The van der Waals surface area contributed by atoms with Crippen molar-refractivity contribution < 1.29 is 4.39 Å². The molecular weight excluding hydrogens is 239 g/mol. The first-order valence-corrected chi connectivity index (χ1v) is 7.35. The zero-order valence-electron chi connectivity index (χ0n) is 12.2. The predicted octanol–water partition coefficient (Wildman–Crippen LogP) is 4.10. The molecule has 0 amide bonds. The molecule has 1 rings (SSSR count). The normalized spacial score (nSPS) is 11.2. The molecule has 0 bridgehead atoms. The molecule has 0 saturated carbocycles. The van der Waals surface area contributed by atoms with Crippen LogP contribution < -0.4 is 11.1 Å². The minimum atomic E-state index is -0.326. The second-order valence-corrected chi connectivity index (χ2v) is 5.59. The lowest BCUT2D eigenvalue weighted by atomic mass is 10.0. The van der Waals surface area contributed by atoms with Gasteiger partial charge in [0.2, 0.25) is 0 Å². The number of hydrogen-bond donors (Lipinski definition) is 2. The van der Waals surface area contributed by atoms with Crippen LogP contribution in [0.1, 0.15) is 51.5 Å². The molecule has 0 atom stereocenters. The number of anilines is 1. The van der Waals surface area contributed by atoms with Crippen LogP contribution in [0.3, 0.4) is 0 Å². The molecule has 0 aliphatic rings. The van der Waals surface area contributed by atoms with Crippen molar-refractivity contribution in [1.82, 2.24) is 5.32 Å². The number of rotatable bonds is 9. The number of benzene rings is 1. The first-order chi connectivity index (χ1) is 9.11. The van der Waals surface area contributed by atoms with Crippen LogP contribution in [-0.2, 0) is 6.54 Å². The van der Waals surface area contributed by atoms with E-state index < -0.39 is 0 Å². The molecule has 0 saturated heterocycles. The Labute approximate surface area is 116 Å². The summed E-state index contributed by atoms with van der Waals surface area (Å²) in [6, 6.07) is 4.97.